The highest BCUT2D eigenvalue weighted by molar-refractivity contribution is 6.04. The smallest absolute Gasteiger partial charge is 0.274 e. The molecule has 1 aromatic carbocycles. The van der Waals surface area contributed by atoms with Gasteiger partial charge in [-0.1, -0.05) is 12.1 Å². The number of carbonyl (C=O) groups excluding carboxylic acids is 1. The highest BCUT2D eigenvalue weighted by Crippen LogP contribution is 2.53. The molecule has 6 rings (SSSR count). The topological polar surface area (TPSA) is 124 Å². The summed E-state index contributed by atoms with van der Waals surface area (Å²) in [5, 5.41) is 24.4. The SMILES string of the molecule is Cc1c[nH]c2c(CNC3(C)CC3)cc(C(=O)Nc3cccc(C4(c5nncn5C)CC(CC#N)C4)c3)nc12. The lowest BCUT2D eigenvalue weighted by Crippen LogP contribution is -2.44. The van der Waals surface area contributed by atoms with Gasteiger partial charge in [0, 0.05) is 37.4 Å². The molecule has 9 heteroatoms. The molecule has 9 nitrogen and oxygen atoms in total. The maximum atomic E-state index is 13.5. The Morgan fingerprint density at radius 3 is 2.82 bits per heavy atom. The van der Waals surface area contributed by atoms with Crippen molar-refractivity contribution in [3.63, 3.8) is 0 Å². The van der Waals surface area contributed by atoms with E-state index in [-0.39, 0.29) is 16.9 Å². The van der Waals surface area contributed by atoms with Crippen molar-refractivity contribution in [2.45, 2.75) is 63.5 Å². The zero-order chi connectivity index (χ0) is 26.5. The van der Waals surface area contributed by atoms with E-state index < -0.39 is 0 Å². The Morgan fingerprint density at radius 1 is 1.29 bits per heavy atom. The quantitative estimate of drug-likeness (QED) is 0.322. The number of aryl methyl sites for hydroxylation is 2. The minimum absolute atomic E-state index is 0.187. The highest BCUT2D eigenvalue weighted by Gasteiger charge is 2.49. The number of anilines is 1. The summed E-state index contributed by atoms with van der Waals surface area (Å²) < 4.78 is 1.95. The van der Waals surface area contributed by atoms with Gasteiger partial charge in [0.25, 0.3) is 5.91 Å². The van der Waals surface area contributed by atoms with Gasteiger partial charge in [0.05, 0.1) is 22.5 Å². The number of fused-ring (bicyclic) bond motifs is 1. The van der Waals surface area contributed by atoms with Crippen molar-refractivity contribution in [2.24, 2.45) is 13.0 Å². The minimum atomic E-state index is -0.329. The second-order valence-electron chi connectivity index (χ2n) is 11.3. The van der Waals surface area contributed by atoms with Gasteiger partial charge in [0.1, 0.15) is 17.8 Å². The Kier molecular flexibility index (Phi) is 5.80. The summed E-state index contributed by atoms with van der Waals surface area (Å²) in [6.07, 6.45) is 8.16. The van der Waals surface area contributed by atoms with E-state index in [0.717, 1.165) is 46.4 Å². The summed E-state index contributed by atoms with van der Waals surface area (Å²) in [7, 11) is 1.95. The first kappa shape index (κ1) is 24.3. The van der Waals surface area contributed by atoms with E-state index in [1.54, 1.807) is 6.33 Å². The molecule has 194 valence electrons. The molecule has 38 heavy (non-hydrogen) atoms. The monoisotopic (exact) mass is 508 g/mol. The van der Waals surface area contributed by atoms with Crippen LogP contribution in [0.4, 0.5) is 5.69 Å². The molecule has 3 N–H and O–H groups in total. The maximum Gasteiger partial charge on any atom is 0.274 e. The van der Waals surface area contributed by atoms with Crippen molar-refractivity contribution in [3.05, 3.63) is 71.1 Å². The summed E-state index contributed by atoms with van der Waals surface area (Å²) in [5.41, 5.74) is 5.86. The number of benzene rings is 1. The van der Waals surface area contributed by atoms with E-state index in [0.29, 0.717) is 30.3 Å². The first-order valence-electron chi connectivity index (χ1n) is 13.2. The Balaban J connectivity index is 1.28. The van der Waals surface area contributed by atoms with Gasteiger partial charge in [-0.15, -0.1) is 10.2 Å². The van der Waals surface area contributed by atoms with Gasteiger partial charge in [0.2, 0.25) is 0 Å². The molecule has 1 amide bonds. The molecular weight excluding hydrogens is 476 g/mol. The molecule has 2 saturated carbocycles. The summed E-state index contributed by atoms with van der Waals surface area (Å²) in [5.74, 6) is 0.958. The number of aromatic nitrogens is 5. The fraction of sp³-hybridized carbons (Fsp3) is 0.414. The van der Waals surface area contributed by atoms with E-state index in [9.17, 15) is 10.1 Å². The number of amides is 1. The Hall–Kier alpha value is -4.03. The Morgan fingerprint density at radius 2 is 2.11 bits per heavy atom. The average molecular weight is 509 g/mol. The molecule has 2 fully saturated rings. The predicted molar refractivity (Wildman–Crippen MR) is 144 cm³/mol. The molecule has 0 atom stereocenters. The molecule has 0 radical (unpaired) electrons. The average Bonchev–Trinajstić information content (AvgIpc) is 3.27. The summed E-state index contributed by atoms with van der Waals surface area (Å²) in [6.45, 7) is 4.90. The fourth-order valence-electron chi connectivity index (χ4n) is 5.77. The van der Waals surface area contributed by atoms with E-state index in [1.807, 2.05) is 49.0 Å². The number of hydrogen-bond donors (Lipinski definition) is 3. The number of aromatic amines is 1. The standard InChI is InChI=1S/C29H32N8O/c1-18-15-31-25-20(16-32-28(2)8-9-28)11-23(35-24(18)25)26(38)34-22-6-4-5-21(12-22)29(13-19(14-29)7-10-30)27-36-33-17-37(27)3/h4-6,11-12,15,17,19,31-32H,7-9,13-14,16H2,1-3H3,(H,34,38). The van der Waals surface area contributed by atoms with Crippen molar-refractivity contribution >= 4 is 22.6 Å². The van der Waals surface area contributed by atoms with Crippen molar-refractivity contribution in [3.8, 4) is 6.07 Å². The van der Waals surface area contributed by atoms with Gasteiger partial charge >= 0.3 is 0 Å². The number of hydrogen-bond acceptors (Lipinski definition) is 6. The van der Waals surface area contributed by atoms with Gasteiger partial charge in [-0.25, -0.2) is 4.98 Å². The first-order valence-corrected chi connectivity index (χ1v) is 13.2. The molecule has 2 aliphatic rings. The van der Waals surface area contributed by atoms with Gasteiger partial charge < -0.3 is 20.2 Å². The van der Waals surface area contributed by atoms with Crippen LogP contribution in [0, 0.1) is 24.2 Å². The Bertz CT molecular complexity index is 1560. The largest absolute Gasteiger partial charge is 0.359 e. The van der Waals surface area contributed by atoms with E-state index >= 15 is 0 Å². The zero-order valence-electron chi connectivity index (χ0n) is 22.0. The molecule has 0 unspecified atom stereocenters. The van der Waals surface area contributed by atoms with E-state index in [1.165, 1.54) is 12.8 Å². The molecular formula is C29H32N8O. The molecule has 0 spiro atoms. The van der Waals surface area contributed by atoms with Crippen LogP contribution in [0.1, 0.15) is 72.0 Å². The summed E-state index contributed by atoms with van der Waals surface area (Å²) in [6, 6.07) is 12.1. The first-order chi connectivity index (χ1) is 18.3. The minimum Gasteiger partial charge on any atom is -0.359 e. The van der Waals surface area contributed by atoms with Crippen LogP contribution in [0.2, 0.25) is 0 Å². The molecule has 0 bridgehead atoms. The second kappa shape index (κ2) is 9.07. The highest BCUT2D eigenvalue weighted by atomic mass is 16.1. The lowest BCUT2D eigenvalue weighted by Gasteiger charge is -2.46. The predicted octanol–water partition coefficient (Wildman–Crippen LogP) is 4.50. The number of rotatable bonds is 8. The van der Waals surface area contributed by atoms with Crippen LogP contribution in [0.3, 0.4) is 0 Å². The van der Waals surface area contributed by atoms with Crippen molar-refractivity contribution in [1.29, 1.82) is 5.26 Å². The van der Waals surface area contributed by atoms with Gasteiger partial charge in [0.15, 0.2) is 0 Å². The van der Waals surface area contributed by atoms with Crippen LogP contribution >= 0.6 is 0 Å². The fourth-order valence-corrected chi connectivity index (χ4v) is 5.77. The number of pyridine rings is 1. The Labute approximate surface area is 221 Å². The van der Waals surface area contributed by atoms with E-state index in [4.69, 9.17) is 4.98 Å². The number of nitrogens with zero attached hydrogens (tertiary/aromatic N) is 5. The molecule has 0 aliphatic heterocycles. The number of H-pyrrole nitrogens is 1. The van der Waals surface area contributed by atoms with Gasteiger partial charge in [-0.2, -0.15) is 5.26 Å². The lowest BCUT2D eigenvalue weighted by atomic mass is 9.57. The van der Waals surface area contributed by atoms with Gasteiger partial charge in [-0.3, -0.25) is 4.79 Å². The molecule has 0 saturated heterocycles. The van der Waals surface area contributed by atoms with Crippen molar-refractivity contribution < 1.29 is 4.79 Å². The molecule has 3 heterocycles. The summed E-state index contributed by atoms with van der Waals surface area (Å²) >= 11 is 0. The van der Waals surface area contributed by atoms with E-state index in [2.05, 4.69) is 44.9 Å². The lowest BCUT2D eigenvalue weighted by molar-refractivity contribution is 0.102. The molecule has 3 aromatic heterocycles. The van der Waals surface area contributed by atoms with Crippen LogP contribution in [0.25, 0.3) is 11.0 Å². The number of carbonyl (C=O) groups is 1. The van der Waals surface area contributed by atoms with Crippen molar-refractivity contribution in [2.75, 3.05) is 5.32 Å². The third-order valence-electron chi connectivity index (χ3n) is 8.31. The van der Waals surface area contributed by atoms with Crippen LogP contribution in [0.5, 0.6) is 0 Å². The van der Waals surface area contributed by atoms with Crippen molar-refractivity contribution in [1.82, 2.24) is 30.0 Å². The maximum absolute atomic E-state index is 13.5. The number of nitriles is 1. The number of nitrogens with one attached hydrogen (secondary N) is 3. The molecule has 4 aromatic rings. The second-order valence-corrected chi connectivity index (χ2v) is 11.3. The third kappa shape index (κ3) is 4.25. The zero-order valence-corrected chi connectivity index (χ0v) is 22.0. The normalized spacial score (nSPS) is 21.6. The summed E-state index contributed by atoms with van der Waals surface area (Å²) in [4.78, 5) is 21.5. The van der Waals surface area contributed by atoms with Crippen LogP contribution in [-0.2, 0) is 19.0 Å². The molecule has 2 aliphatic carbocycles. The third-order valence-corrected chi connectivity index (χ3v) is 8.31. The van der Waals surface area contributed by atoms with Crippen LogP contribution in [0.15, 0.2) is 42.9 Å². The van der Waals surface area contributed by atoms with Gasteiger partial charge in [-0.05, 0) is 80.3 Å². The van der Waals surface area contributed by atoms with Crippen LogP contribution < -0.4 is 10.6 Å². The van der Waals surface area contributed by atoms with Crippen LogP contribution in [-0.4, -0.2) is 36.2 Å².